The van der Waals surface area contributed by atoms with Crippen LogP contribution in [0.1, 0.15) is 0 Å². The summed E-state index contributed by atoms with van der Waals surface area (Å²) in [6.45, 7) is 0. The predicted molar refractivity (Wildman–Crippen MR) is 117 cm³/mol. The molecule has 4 aromatic carbocycles. The van der Waals surface area contributed by atoms with Crippen molar-refractivity contribution in [2.45, 2.75) is 0 Å². The zero-order valence-electron chi connectivity index (χ0n) is 15.2. The third-order valence-corrected chi connectivity index (χ3v) is 6.47. The van der Waals surface area contributed by atoms with Crippen molar-refractivity contribution < 1.29 is 23.0 Å². The van der Waals surface area contributed by atoms with Gasteiger partial charge in [-0.25, -0.2) is 12.1 Å². The molecule has 0 aliphatic rings. The molecule has 0 unspecified atom stereocenters. The number of benzene rings is 3. The SMILES string of the molecule is N#[O+].[Cl][Re].c1cc[cH-]c1.c1ccc([PH+](c2ccccc2)c2ccccc2)cc1. The van der Waals surface area contributed by atoms with Gasteiger partial charge in [0.25, 0.3) is 0 Å². The van der Waals surface area contributed by atoms with E-state index in [9.17, 15) is 0 Å². The first-order valence-corrected chi connectivity index (χ1v) is 13.3. The average molecular weight is 580 g/mol. The van der Waals surface area contributed by atoms with Crippen molar-refractivity contribution in [3.05, 3.63) is 121 Å². The van der Waals surface area contributed by atoms with Crippen LogP contribution >= 0.6 is 17.5 Å². The van der Waals surface area contributed by atoms with Gasteiger partial charge >= 0.3 is 37.9 Å². The van der Waals surface area contributed by atoms with E-state index in [0.29, 0.717) is 0 Å². The van der Waals surface area contributed by atoms with E-state index in [0.717, 1.165) is 0 Å². The fourth-order valence-corrected chi connectivity index (χ4v) is 5.21. The summed E-state index contributed by atoms with van der Waals surface area (Å²) in [4.78, 5) is 0. The molecule has 0 aliphatic heterocycles. The number of rotatable bonds is 3. The van der Waals surface area contributed by atoms with Crippen molar-refractivity contribution in [3.8, 4) is 0 Å². The molecule has 28 heavy (non-hydrogen) atoms. The molecular weight excluding hydrogens is 559 g/mol. The average Bonchev–Trinajstić information content (AvgIpc) is 3.39. The van der Waals surface area contributed by atoms with E-state index >= 15 is 0 Å². The van der Waals surface area contributed by atoms with Crippen LogP contribution in [0.25, 0.3) is 0 Å². The van der Waals surface area contributed by atoms with Crippen LogP contribution in [0, 0.1) is 5.46 Å². The maximum absolute atomic E-state index is 7.25. The Hall–Kier alpha value is -1.94. The molecule has 0 fully saturated rings. The fourth-order valence-electron chi connectivity index (χ4n) is 2.64. The zero-order valence-corrected chi connectivity index (χ0v) is 19.6. The van der Waals surface area contributed by atoms with E-state index in [1.165, 1.54) is 34.1 Å². The fraction of sp³-hybridized carbons (Fsp3) is 0. The Labute approximate surface area is 182 Å². The standard InChI is InChI=1S/C18H15P.C5H5.ClH.NO.Re/c1-4-10-16(11-5-1)19(17-12-6-2-7-13-17)18-14-8-3-9-15-18;1-2-4-5-3-1;;1-2;/h1-15H;1-5H;1H;;/q;-1;;2*+1. The van der Waals surface area contributed by atoms with Gasteiger partial charge in [-0.3, -0.25) is 0 Å². The van der Waals surface area contributed by atoms with E-state index in [2.05, 4.69) is 91.0 Å². The molecule has 0 spiro atoms. The number of halogens is 1. The minimum atomic E-state index is -0.877. The maximum atomic E-state index is 7.25. The minimum Gasteiger partial charge on any atom is -0.214 e. The summed E-state index contributed by atoms with van der Waals surface area (Å²) in [5, 5.41) is 4.31. The smallest absolute Gasteiger partial charge is 0.102 e. The summed E-state index contributed by atoms with van der Waals surface area (Å²) in [6, 6.07) is 42.5. The van der Waals surface area contributed by atoms with Gasteiger partial charge < -0.3 is 0 Å². The summed E-state index contributed by atoms with van der Waals surface area (Å²) >= 11 is 1.19. The summed E-state index contributed by atoms with van der Waals surface area (Å²) < 4.78 is 7.25. The molecular formula is C23H21ClNOPRe+. The van der Waals surface area contributed by atoms with Crippen molar-refractivity contribution in [1.82, 2.24) is 0 Å². The molecule has 0 heterocycles. The van der Waals surface area contributed by atoms with Crippen molar-refractivity contribution in [2.24, 2.45) is 0 Å². The van der Waals surface area contributed by atoms with Crippen LogP contribution < -0.4 is 15.9 Å². The molecule has 0 N–H and O–H groups in total. The third kappa shape index (κ3) is 8.39. The second-order valence-corrected chi connectivity index (χ2v) is 7.92. The van der Waals surface area contributed by atoms with Gasteiger partial charge in [-0.05, 0) is 36.4 Å². The monoisotopic (exact) mass is 580 g/mol. The summed E-state index contributed by atoms with van der Waals surface area (Å²) in [5.74, 6) is 0. The van der Waals surface area contributed by atoms with Crippen molar-refractivity contribution in [3.63, 3.8) is 0 Å². The Balaban J connectivity index is 0.000000368. The van der Waals surface area contributed by atoms with E-state index in [1.807, 2.05) is 30.3 Å². The van der Waals surface area contributed by atoms with Gasteiger partial charge in [0.15, 0.2) is 0 Å². The quantitative estimate of drug-likeness (QED) is 0.188. The van der Waals surface area contributed by atoms with Gasteiger partial charge in [0.05, 0.1) is 7.92 Å². The molecule has 142 valence electrons. The number of hydrogen-bond acceptors (Lipinski definition) is 1. The minimum absolute atomic E-state index is 0.877. The van der Waals surface area contributed by atoms with Crippen LogP contribution in [-0.4, -0.2) is 0 Å². The zero-order chi connectivity index (χ0) is 20.5. The molecule has 5 heteroatoms. The van der Waals surface area contributed by atoms with Crippen LogP contribution in [0.3, 0.4) is 0 Å². The molecule has 0 amide bonds. The van der Waals surface area contributed by atoms with Crippen LogP contribution in [0.15, 0.2) is 121 Å². The molecule has 4 aromatic rings. The summed E-state index contributed by atoms with van der Waals surface area (Å²) in [7, 11) is 3.82. The van der Waals surface area contributed by atoms with Crippen molar-refractivity contribution >= 4 is 33.4 Å². The van der Waals surface area contributed by atoms with Crippen LogP contribution in [0.4, 0.5) is 0 Å². The normalized spacial score (nSPS) is 8.89. The van der Waals surface area contributed by atoms with Crippen molar-refractivity contribution in [1.29, 1.82) is 5.46 Å². The van der Waals surface area contributed by atoms with E-state index in [1.54, 1.807) is 0 Å². The molecule has 4 rings (SSSR count). The largest absolute Gasteiger partial charge is 0.214 e. The Morgan fingerprint density at radius 2 is 0.857 bits per heavy atom. The molecule has 0 saturated carbocycles. The number of hydrogen-bond donors (Lipinski definition) is 0. The van der Waals surface area contributed by atoms with Gasteiger partial charge in [-0.1, -0.05) is 54.6 Å². The number of nitrogens with zero attached hydrogens (tertiary/aromatic N) is 1. The Morgan fingerprint density at radius 1 is 0.571 bits per heavy atom. The second-order valence-electron chi connectivity index (χ2n) is 5.44. The van der Waals surface area contributed by atoms with E-state index in [4.69, 9.17) is 19.8 Å². The van der Waals surface area contributed by atoms with Gasteiger partial charge in [0, 0.05) is 0 Å². The molecule has 0 bridgehead atoms. The molecule has 0 aliphatic carbocycles. The molecule has 2 nitrogen and oxygen atoms in total. The Bertz CT molecular complexity index is 745. The van der Waals surface area contributed by atoms with Gasteiger partial charge in [0.2, 0.25) is 0 Å². The Kier molecular flexibility index (Phi) is 13.8. The van der Waals surface area contributed by atoms with Crippen LogP contribution in [-0.2, 0) is 23.0 Å². The van der Waals surface area contributed by atoms with Gasteiger partial charge in [-0.2, -0.15) is 18.2 Å². The maximum Gasteiger partial charge on any atom is 0.102 e. The first-order valence-electron chi connectivity index (χ1n) is 8.47. The Morgan fingerprint density at radius 3 is 1.07 bits per heavy atom. The molecule has 0 atom stereocenters. The molecule has 0 aromatic heterocycles. The van der Waals surface area contributed by atoms with Gasteiger partial charge in [0.1, 0.15) is 15.9 Å². The first-order chi connectivity index (χ1) is 13.9. The predicted octanol–water partition coefficient (Wildman–Crippen LogP) is 5.17. The molecule has 0 saturated heterocycles. The van der Waals surface area contributed by atoms with Gasteiger partial charge in [-0.15, -0.1) is 0 Å². The van der Waals surface area contributed by atoms with Crippen molar-refractivity contribution in [2.75, 3.05) is 0 Å². The summed E-state index contributed by atoms with van der Waals surface area (Å²) in [6.07, 6.45) is 0. The first kappa shape index (κ1) is 24.1. The van der Waals surface area contributed by atoms with E-state index in [-0.39, 0.29) is 0 Å². The second kappa shape index (κ2) is 16.1. The molecule has 0 radical (unpaired) electrons. The van der Waals surface area contributed by atoms with Crippen LogP contribution in [0.5, 0.6) is 0 Å². The van der Waals surface area contributed by atoms with Crippen LogP contribution in [0.2, 0.25) is 0 Å². The summed E-state index contributed by atoms with van der Waals surface area (Å²) in [5.41, 5.74) is 5.75. The van der Waals surface area contributed by atoms with E-state index < -0.39 is 7.92 Å². The topological polar surface area (TPSA) is 43.7 Å². The third-order valence-electron chi connectivity index (χ3n) is 3.74.